The molecule has 1 N–H and O–H groups in total. The van der Waals surface area contributed by atoms with Gasteiger partial charge in [-0.3, -0.25) is 4.79 Å². The van der Waals surface area contributed by atoms with E-state index in [1.807, 2.05) is 12.2 Å². The molecule has 0 saturated carbocycles. The zero-order chi connectivity index (χ0) is 31.9. The Morgan fingerprint density at radius 1 is 0.542 bits per heavy atom. The van der Waals surface area contributed by atoms with Gasteiger partial charge in [0.2, 0.25) is 0 Å². The summed E-state index contributed by atoms with van der Waals surface area (Å²) >= 11 is 0. The second-order valence-electron chi connectivity index (χ2n) is 13.6. The number of hydrogen-bond acceptors (Lipinski definition) is 2. The summed E-state index contributed by atoms with van der Waals surface area (Å²) in [5.74, 6) is -0.638. The molecule has 11 rings (SSSR count). The molecule has 0 saturated heterocycles. The first-order valence-corrected chi connectivity index (χ1v) is 16.9. The van der Waals surface area contributed by atoms with Gasteiger partial charge in [-0.15, -0.1) is 0 Å². The smallest absolute Gasteiger partial charge is 0.173 e. The second kappa shape index (κ2) is 10.5. The van der Waals surface area contributed by atoms with Gasteiger partial charge in [-0.2, -0.15) is 0 Å². The van der Waals surface area contributed by atoms with Crippen molar-refractivity contribution in [3.8, 4) is 22.3 Å². The van der Waals surface area contributed by atoms with Crippen LogP contribution in [0.2, 0.25) is 0 Å². The Hall–Kier alpha value is -5.57. The number of aliphatic hydroxyl groups is 1. The number of aliphatic hydroxyl groups excluding tert-OH is 1. The van der Waals surface area contributed by atoms with Gasteiger partial charge in [-0.1, -0.05) is 127 Å². The molecule has 3 atom stereocenters. The lowest BCUT2D eigenvalue weighted by atomic mass is 9.68. The van der Waals surface area contributed by atoms with E-state index < -0.39 is 6.10 Å². The van der Waals surface area contributed by atoms with Crippen molar-refractivity contribution in [2.75, 3.05) is 0 Å². The van der Waals surface area contributed by atoms with Crippen molar-refractivity contribution in [2.45, 2.75) is 30.8 Å². The van der Waals surface area contributed by atoms with Crippen LogP contribution >= 0.6 is 0 Å². The van der Waals surface area contributed by atoms with Crippen molar-refractivity contribution in [1.82, 2.24) is 0 Å². The number of ketones is 1. The van der Waals surface area contributed by atoms with E-state index in [9.17, 15) is 9.90 Å². The molecule has 4 aliphatic carbocycles. The minimum absolute atomic E-state index is 0.0787. The highest BCUT2D eigenvalue weighted by molar-refractivity contribution is 6.14. The molecule has 0 heterocycles. The largest absolute Gasteiger partial charge is 0.384 e. The molecule has 0 radical (unpaired) electrons. The molecule has 3 unspecified atom stereocenters. The van der Waals surface area contributed by atoms with Gasteiger partial charge in [0.15, 0.2) is 5.78 Å². The molecular weight excluding hydrogens is 585 g/mol. The van der Waals surface area contributed by atoms with Gasteiger partial charge in [0.05, 0.1) is 5.92 Å². The molecule has 48 heavy (non-hydrogen) atoms. The van der Waals surface area contributed by atoms with E-state index in [0.717, 1.165) is 29.5 Å². The fraction of sp³-hybridized carbons (Fsp3) is 0.109. The topological polar surface area (TPSA) is 37.3 Å². The van der Waals surface area contributed by atoms with E-state index in [1.165, 1.54) is 71.3 Å². The number of carbonyl (C=O) groups excluding carboxylic acids is 1. The Morgan fingerprint density at radius 3 is 2.12 bits per heavy atom. The molecule has 7 aromatic rings. The minimum atomic E-state index is -0.933. The van der Waals surface area contributed by atoms with Gasteiger partial charge < -0.3 is 5.11 Å². The summed E-state index contributed by atoms with van der Waals surface area (Å²) in [7, 11) is 0. The van der Waals surface area contributed by atoms with Crippen LogP contribution in [0.3, 0.4) is 0 Å². The molecule has 2 nitrogen and oxygen atoms in total. The van der Waals surface area contributed by atoms with Crippen LogP contribution in [0.4, 0.5) is 0 Å². The number of carbonyl (C=O) groups is 1. The second-order valence-corrected chi connectivity index (χ2v) is 13.6. The summed E-state index contributed by atoms with van der Waals surface area (Å²) in [6.07, 6.45) is 7.36. The molecule has 0 amide bonds. The maximum absolute atomic E-state index is 12.5. The third kappa shape index (κ3) is 4.19. The van der Waals surface area contributed by atoms with Gasteiger partial charge in [0, 0.05) is 5.92 Å². The van der Waals surface area contributed by atoms with Gasteiger partial charge in [-0.05, 0) is 119 Å². The van der Waals surface area contributed by atoms with E-state index in [2.05, 4.69) is 133 Å². The van der Waals surface area contributed by atoms with E-state index >= 15 is 0 Å². The van der Waals surface area contributed by atoms with Crippen LogP contribution in [-0.2, 0) is 11.2 Å². The van der Waals surface area contributed by atoms with E-state index in [0.29, 0.717) is 0 Å². The predicted molar refractivity (Wildman–Crippen MR) is 198 cm³/mol. The van der Waals surface area contributed by atoms with Crippen LogP contribution in [0, 0.1) is 0 Å². The molecule has 2 bridgehead atoms. The lowest BCUT2D eigenvalue weighted by Gasteiger charge is -2.36. The van der Waals surface area contributed by atoms with Gasteiger partial charge in [0.1, 0.15) is 6.10 Å². The Morgan fingerprint density at radius 2 is 1.25 bits per heavy atom. The first-order chi connectivity index (χ1) is 23.6. The third-order valence-corrected chi connectivity index (χ3v) is 11.0. The van der Waals surface area contributed by atoms with Crippen LogP contribution < -0.4 is 0 Å². The molecule has 2 heteroatoms. The normalized spacial score (nSPS) is 19.5. The number of Topliss-reactive ketones (excluding diaryl/α,β-unsaturated/α-hetero) is 1. The molecule has 228 valence electrons. The maximum atomic E-state index is 12.5. The Balaban J connectivity index is 0.961. The average molecular weight is 617 g/mol. The predicted octanol–water partition coefficient (Wildman–Crippen LogP) is 10.6. The molecule has 0 aromatic heterocycles. The summed E-state index contributed by atoms with van der Waals surface area (Å²) in [5.41, 5.74) is 12.3. The van der Waals surface area contributed by atoms with Crippen LogP contribution in [0.15, 0.2) is 140 Å². The SMILES string of the molecule is O=C1C2C=CC(c3cc(-c4ccc5c(c4)CCC(c4ccc6cc(-c7cc8ccccc8c8ccccc78)ccc6c4)=C5)ccc32)C1O. The van der Waals surface area contributed by atoms with Crippen molar-refractivity contribution in [3.05, 3.63) is 167 Å². The Kier molecular flexibility index (Phi) is 6.01. The number of aryl methyl sites for hydroxylation is 1. The van der Waals surface area contributed by atoms with E-state index in [4.69, 9.17) is 0 Å². The van der Waals surface area contributed by atoms with Crippen LogP contribution in [0.1, 0.15) is 46.1 Å². The van der Waals surface area contributed by atoms with E-state index in [-0.39, 0.29) is 17.6 Å². The highest BCUT2D eigenvalue weighted by Crippen LogP contribution is 2.45. The number of fused-ring (bicyclic) bond motifs is 6. The summed E-state index contributed by atoms with van der Waals surface area (Å²) in [6, 6.07) is 46.7. The van der Waals surface area contributed by atoms with Crippen LogP contribution in [0.5, 0.6) is 0 Å². The lowest BCUT2D eigenvalue weighted by Crippen LogP contribution is -2.39. The first-order valence-electron chi connectivity index (χ1n) is 16.9. The van der Waals surface area contributed by atoms with Crippen LogP contribution in [-0.4, -0.2) is 17.0 Å². The highest BCUT2D eigenvalue weighted by atomic mass is 16.3. The molecule has 0 aliphatic heterocycles. The van der Waals surface area contributed by atoms with Crippen molar-refractivity contribution in [2.24, 2.45) is 0 Å². The van der Waals surface area contributed by atoms with Gasteiger partial charge in [-0.25, -0.2) is 0 Å². The molecule has 4 aliphatic rings. The van der Waals surface area contributed by atoms with Crippen molar-refractivity contribution >= 4 is 49.7 Å². The number of rotatable bonds is 3. The zero-order valence-electron chi connectivity index (χ0n) is 26.4. The number of benzene rings is 7. The summed E-state index contributed by atoms with van der Waals surface area (Å²) in [4.78, 5) is 12.5. The third-order valence-electron chi connectivity index (χ3n) is 11.0. The Bertz CT molecular complexity index is 2570. The average Bonchev–Trinajstić information content (AvgIpc) is 3.15. The van der Waals surface area contributed by atoms with Crippen molar-refractivity contribution in [3.63, 3.8) is 0 Å². The Labute approximate surface area is 279 Å². The number of hydrogen-bond donors (Lipinski definition) is 1. The fourth-order valence-electron chi connectivity index (χ4n) is 8.45. The van der Waals surface area contributed by atoms with Gasteiger partial charge >= 0.3 is 0 Å². The summed E-state index contributed by atoms with van der Waals surface area (Å²) in [6.45, 7) is 0. The van der Waals surface area contributed by atoms with Crippen molar-refractivity contribution in [1.29, 1.82) is 0 Å². The van der Waals surface area contributed by atoms with E-state index in [1.54, 1.807) is 0 Å². The summed E-state index contributed by atoms with van der Waals surface area (Å²) < 4.78 is 0. The quantitative estimate of drug-likeness (QED) is 0.158. The minimum Gasteiger partial charge on any atom is -0.384 e. The fourth-order valence-corrected chi connectivity index (χ4v) is 8.45. The standard InChI is InChI=1S/C46H32O2/c47-45-41-19-20-42(46(45)48)44-25-34(17-18-40(41)44)32-13-11-28-21-27(9-10-30(28)23-32)29-12-14-33-24-36(16-15-31(33)22-29)43-26-35-5-1-2-6-37(35)38-7-3-4-8-39(38)43/h1-8,11-26,41-42,46,48H,9-10H2. The van der Waals surface area contributed by atoms with Crippen LogP contribution in [0.25, 0.3) is 66.2 Å². The van der Waals surface area contributed by atoms with Gasteiger partial charge in [0.25, 0.3) is 0 Å². The molecule has 0 spiro atoms. The lowest BCUT2D eigenvalue weighted by molar-refractivity contribution is -0.129. The highest BCUT2D eigenvalue weighted by Gasteiger charge is 2.42. The number of allylic oxidation sites excluding steroid dienone is 2. The monoisotopic (exact) mass is 616 g/mol. The molecule has 7 aromatic carbocycles. The first kappa shape index (κ1) is 27.5. The zero-order valence-corrected chi connectivity index (χ0v) is 26.4. The molecular formula is C46H32O2. The summed E-state index contributed by atoms with van der Waals surface area (Å²) in [5, 5.41) is 18.2. The van der Waals surface area contributed by atoms with Crippen molar-refractivity contribution < 1.29 is 9.90 Å². The molecule has 0 fully saturated rings. The maximum Gasteiger partial charge on any atom is 0.173 e.